The van der Waals surface area contributed by atoms with E-state index in [1.54, 1.807) is 25.3 Å². The fourth-order valence-corrected chi connectivity index (χ4v) is 3.15. The van der Waals surface area contributed by atoms with Crippen LogP contribution in [-0.2, 0) is 14.3 Å². The van der Waals surface area contributed by atoms with Gasteiger partial charge in [0.05, 0.1) is 19.1 Å². The van der Waals surface area contributed by atoms with Crippen LogP contribution in [0, 0.1) is 5.82 Å². The number of hydrogen-bond donors (Lipinski definition) is 2. The fraction of sp³-hybridized carbons (Fsp3) is 0.304. The Bertz CT molecular complexity index is 1040. The number of carbonyl (C=O) groups excluding carboxylic acids is 2. The van der Waals surface area contributed by atoms with Crippen molar-refractivity contribution in [2.24, 2.45) is 0 Å². The molecule has 1 aromatic carbocycles. The molecular formula is C23H25FN4O3. The Morgan fingerprint density at radius 3 is 2.84 bits per heavy atom. The van der Waals surface area contributed by atoms with E-state index >= 15 is 0 Å². The van der Waals surface area contributed by atoms with Crippen LogP contribution in [-0.4, -0.2) is 35.0 Å². The number of ether oxygens (including phenoxy) is 1. The van der Waals surface area contributed by atoms with Gasteiger partial charge in [0.25, 0.3) is 0 Å². The van der Waals surface area contributed by atoms with Gasteiger partial charge in [0.1, 0.15) is 11.6 Å². The minimum Gasteiger partial charge on any atom is -0.466 e. The fourth-order valence-electron chi connectivity index (χ4n) is 3.15. The topological polar surface area (TPSA) is 93.2 Å². The number of pyridine rings is 2. The first-order valence-corrected chi connectivity index (χ1v) is 10.2. The van der Waals surface area contributed by atoms with Crippen molar-refractivity contribution in [3.63, 3.8) is 0 Å². The van der Waals surface area contributed by atoms with Crippen LogP contribution in [0.15, 0.2) is 54.7 Å². The molecule has 3 rings (SSSR count). The summed E-state index contributed by atoms with van der Waals surface area (Å²) >= 11 is 0. The summed E-state index contributed by atoms with van der Waals surface area (Å²) in [4.78, 5) is 33.0. The van der Waals surface area contributed by atoms with Crippen molar-refractivity contribution in [2.75, 3.05) is 18.5 Å². The zero-order valence-corrected chi connectivity index (χ0v) is 17.3. The third-order valence-electron chi connectivity index (χ3n) is 4.61. The molecule has 7 nitrogen and oxygen atoms in total. The molecule has 0 radical (unpaired) electrons. The number of rotatable bonds is 10. The maximum Gasteiger partial charge on any atom is 0.308 e. The molecule has 31 heavy (non-hydrogen) atoms. The summed E-state index contributed by atoms with van der Waals surface area (Å²) < 4.78 is 18.6. The number of esters is 1. The second-order valence-electron chi connectivity index (χ2n) is 6.96. The zero-order chi connectivity index (χ0) is 22.1. The van der Waals surface area contributed by atoms with Crippen molar-refractivity contribution < 1.29 is 18.7 Å². The average Bonchev–Trinajstić information content (AvgIpc) is 2.76. The summed E-state index contributed by atoms with van der Waals surface area (Å²) in [5.41, 5.74) is 1.18. The molecule has 0 saturated carbocycles. The molecule has 0 aliphatic rings. The molecule has 0 aliphatic carbocycles. The van der Waals surface area contributed by atoms with Crippen molar-refractivity contribution in [1.82, 2.24) is 15.3 Å². The number of nitrogens with zero attached hydrogens (tertiary/aromatic N) is 2. The number of nitrogens with one attached hydrogen (secondary N) is 2. The lowest BCUT2D eigenvalue weighted by atomic mass is 10.0. The van der Waals surface area contributed by atoms with Gasteiger partial charge in [0.15, 0.2) is 5.65 Å². The molecule has 2 heterocycles. The maximum absolute atomic E-state index is 13.6. The predicted octanol–water partition coefficient (Wildman–Crippen LogP) is 3.77. The van der Waals surface area contributed by atoms with Gasteiger partial charge in [-0.05, 0) is 55.3 Å². The summed E-state index contributed by atoms with van der Waals surface area (Å²) in [5.74, 6) is -0.419. The average molecular weight is 424 g/mol. The van der Waals surface area contributed by atoms with Crippen LogP contribution in [0.5, 0.6) is 0 Å². The van der Waals surface area contributed by atoms with Crippen LogP contribution in [0.4, 0.5) is 10.2 Å². The Kier molecular flexibility index (Phi) is 7.86. The Morgan fingerprint density at radius 1 is 1.16 bits per heavy atom. The third kappa shape index (κ3) is 6.74. The minimum atomic E-state index is -0.650. The first kappa shape index (κ1) is 22.1. The zero-order valence-electron chi connectivity index (χ0n) is 17.3. The highest BCUT2D eigenvalue weighted by Crippen LogP contribution is 2.19. The van der Waals surface area contributed by atoms with Gasteiger partial charge in [0, 0.05) is 24.5 Å². The van der Waals surface area contributed by atoms with E-state index in [2.05, 4.69) is 20.6 Å². The summed E-state index contributed by atoms with van der Waals surface area (Å²) in [6, 6.07) is 12.8. The standard InChI is InChI=1S/C23H25FN4O3/c1-2-31-22(30)15-19(17-6-3-8-18(24)14-17)27-21(29)9-5-12-25-20-11-10-16-7-4-13-26-23(16)28-20/h3-4,6-8,10-11,13-14,19H,2,5,9,12,15H2,1H3,(H,27,29)(H,25,26,28)/t19-/m0/s1. The monoisotopic (exact) mass is 424 g/mol. The number of halogens is 1. The highest BCUT2D eigenvalue weighted by molar-refractivity contribution is 5.78. The maximum atomic E-state index is 13.6. The Labute approximate surface area is 180 Å². The van der Waals surface area contributed by atoms with Gasteiger partial charge < -0.3 is 15.4 Å². The SMILES string of the molecule is CCOC(=O)C[C@H](NC(=O)CCCNc1ccc2cccnc2n1)c1cccc(F)c1. The second kappa shape index (κ2) is 11.0. The van der Waals surface area contributed by atoms with Crippen molar-refractivity contribution in [1.29, 1.82) is 0 Å². The van der Waals surface area contributed by atoms with Crippen LogP contribution in [0.2, 0.25) is 0 Å². The number of benzene rings is 1. The molecule has 8 heteroatoms. The molecule has 1 atom stereocenters. The minimum absolute atomic E-state index is 0.0602. The van der Waals surface area contributed by atoms with Gasteiger partial charge in [0.2, 0.25) is 5.91 Å². The van der Waals surface area contributed by atoms with Crippen molar-refractivity contribution >= 4 is 28.7 Å². The first-order chi connectivity index (χ1) is 15.0. The number of anilines is 1. The molecule has 0 unspecified atom stereocenters. The third-order valence-corrected chi connectivity index (χ3v) is 4.61. The van der Waals surface area contributed by atoms with E-state index in [0.717, 1.165) is 5.39 Å². The van der Waals surface area contributed by atoms with E-state index < -0.39 is 17.8 Å². The van der Waals surface area contributed by atoms with Crippen LogP contribution in [0.3, 0.4) is 0 Å². The molecule has 0 bridgehead atoms. The molecule has 3 aromatic rings. The second-order valence-corrected chi connectivity index (χ2v) is 6.96. The van der Waals surface area contributed by atoms with Gasteiger partial charge in [-0.2, -0.15) is 0 Å². The van der Waals surface area contributed by atoms with Gasteiger partial charge in [-0.3, -0.25) is 9.59 Å². The molecule has 2 aromatic heterocycles. The Balaban J connectivity index is 1.51. The van der Waals surface area contributed by atoms with Crippen LogP contribution in [0.25, 0.3) is 11.0 Å². The molecule has 0 fully saturated rings. The molecule has 2 N–H and O–H groups in total. The molecule has 162 valence electrons. The lowest BCUT2D eigenvalue weighted by Gasteiger charge is -2.19. The van der Waals surface area contributed by atoms with Gasteiger partial charge in [-0.1, -0.05) is 12.1 Å². The number of carbonyl (C=O) groups is 2. The van der Waals surface area contributed by atoms with Gasteiger partial charge in [-0.15, -0.1) is 0 Å². The lowest BCUT2D eigenvalue weighted by Crippen LogP contribution is -2.31. The highest BCUT2D eigenvalue weighted by Gasteiger charge is 2.19. The molecule has 0 saturated heterocycles. The van der Waals surface area contributed by atoms with E-state index in [4.69, 9.17) is 4.74 Å². The quantitative estimate of drug-likeness (QED) is 0.380. The molecular weight excluding hydrogens is 399 g/mol. The molecule has 1 amide bonds. The highest BCUT2D eigenvalue weighted by atomic mass is 19.1. The van der Waals surface area contributed by atoms with E-state index in [-0.39, 0.29) is 25.4 Å². The van der Waals surface area contributed by atoms with Gasteiger partial charge >= 0.3 is 5.97 Å². The number of amides is 1. The molecule has 0 spiro atoms. The van der Waals surface area contributed by atoms with Crippen LogP contribution in [0.1, 0.15) is 37.8 Å². The van der Waals surface area contributed by atoms with Crippen molar-refractivity contribution in [3.05, 3.63) is 66.1 Å². The van der Waals surface area contributed by atoms with Crippen molar-refractivity contribution in [3.8, 4) is 0 Å². The van der Waals surface area contributed by atoms with E-state index in [0.29, 0.717) is 30.0 Å². The number of aromatic nitrogens is 2. The van der Waals surface area contributed by atoms with E-state index in [1.165, 1.54) is 12.1 Å². The summed E-state index contributed by atoms with van der Waals surface area (Å²) in [7, 11) is 0. The van der Waals surface area contributed by atoms with Crippen LogP contribution < -0.4 is 10.6 Å². The Hall–Kier alpha value is -3.55. The van der Waals surface area contributed by atoms with Crippen molar-refractivity contribution in [2.45, 2.75) is 32.2 Å². The summed E-state index contributed by atoms with van der Waals surface area (Å²) in [6.07, 6.45) is 2.43. The number of hydrogen-bond acceptors (Lipinski definition) is 6. The van der Waals surface area contributed by atoms with Crippen LogP contribution >= 0.6 is 0 Å². The smallest absolute Gasteiger partial charge is 0.308 e. The summed E-state index contributed by atoms with van der Waals surface area (Å²) in [5, 5.41) is 6.95. The molecule has 0 aliphatic heterocycles. The van der Waals surface area contributed by atoms with E-state index in [1.807, 2.05) is 24.3 Å². The normalized spacial score (nSPS) is 11.7. The largest absolute Gasteiger partial charge is 0.466 e. The van der Waals surface area contributed by atoms with E-state index in [9.17, 15) is 14.0 Å². The summed E-state index contributed by atoms with van der Waals surface area (Å²) in [6.45, 7) is 2.50. The first-order valence-electron chi connectivity index (χ1n) is 10.2. The predicted molar refractivity (Wildman–Crippen MR) is 116 cm³/mol. The van der Waals surface area contributed by atoms with Gasteiger partial charge in [-0.25, -0.2) is 14.4 Å². The lowest BCUT2D eigenvalue weighted by molar-refractivity contribution is -0.143. The number of fused-ring (bicyclic) bond motifs is 1. The Morgan fingerprint density at radius 2 is 2.03 bits per heavy atom.